The average molecular weight is 351 g/mol. The van der Waals surface area contributed by atoms with Crippen LogP contribution in [0.2, 0.25) is 5.02 Å². The van der Waals surface area contributed by atoms with Crippen molar-refractivity contribution < 1.29 is 4.74 Å². The molecule has 1 aromatic carbocycles. The van der Waals surface area contributed by atoms with E-state index < -0.39 is 0 Å². The van der Waals surface area contributed by atoms with E-state index in [2.05, 4.69) is 30.0 Å². The lowest BCUT2D eigenvalue weighted by Gasteiger charge is -2.26. The summed E-state index contributed by atoms with van der Waals surface area (Å²) in [6.45, 7) is 4.66. The van der Waals surface area contributed by atoms with Crippen LogP contribution in [0.25, 0.3) is 10.9 Å². The van der Waals surface area contributed by atoms with Crippen LogP contribution in [-0.2, 0) is 18.3 Å². The maximum absolute atomic E-state index is 6.45. The predicted molar refractivity (Wildman–Crippen MR) is 98.5 cm³/mol. The zero-order valence-electron chi connectivity index (χ0n) is 14.8. The third kappa shape index (κ3) is 4.09. The van der Waals surface area contributed by atoms with Gasteiger partial charge in [-0.05, 0) is 39.1 Å². The van der Waals surface area contributed by atoms with E-state index in [0.717, 1.165) is 60.8 Å². The predicted octanol–water partition coefficient (Wildman–Crippen LogP) is 2.77. The second kappa shape index (κ2) is 7.83. The molecule has 1 atom stereocenters. The zero-order valence-corrected chi connectivity index (χ0v) is 15.6. The second-order valence-corrected chi connectivity index (χ2v) is 7.28. The van der Waals surface area contributed by atoms with E-state index in [0.29, 0.717) is 6.10 Å². The first-order valence-electron chi connectivity index (χ1n) is 8.63. The number of fused-ring (bicyclic) bond motifs is 1. The molecule has 0 bridgehead atoms. The SMILES string of the molecule is CN(C)CCN(Cc1nn(C)c2cccc(Cl)c12)C[C@H]1CCCO1. The fourth-order valence-corrected chi connectivity index (χ4v) is 3.61. The first-order valence-corrected chi connectivity index (χ1v) is 9.01. The topological polar surface area (TPSA) is 33.5 Å². The van der Waals surface area contributed by atoms with Crippen LogP contribution < -0.4 is 0 Å². The maximum atomic E-state index is 6.45. The number of benzene rings is 1. The number of hydrogen-bond donors (Lipinski definition) is 0. The number of hydrogen-bond acceptors (Lipinski definition) is 4. The van der Waals surface area contributed by atoms with Gasteiger partial charge < -0.3 is 9.64 Å². The Labute approximate surface area is 149 Å². The van der Waals surface area contributed by atoms with Crippen molar-refractivity contribution in [3.8, 4) is 0 Å². The van der Waals surface area contributed by atoms with Gasteiger partial charge in [-0.1, -0.05) is 17.7 Å². The van der Waals surface area contributed by atoms with Gasteiger partial charge in [0.15, 0.2) is 0 Å². The smallest absolute Gasteiger partial charge is 0.0858 e. The Hall–Kier alpha value is -1.14. The van der Waals surface area contributed by atoms with Gasteiger partial charge in [-0.2, -0.15) is 5.10 Å². The van der Waals surface area contributed by atoms with Gasteiger partial charge in [-0.3, -0.25) is 9.58 Å². The van der Waals surface area contributed by atoms with Crippen LogP contribution >= 0.6 is 11.6 Å². The molecule has 1 fully saturated rings. The van der Waals surface area contributed by atoms with Gasteiger partial charge in [0, 0.05) is 45.2 Å². The molecule has 24 heavy (non-hydrogen) atoms. The van der Waals surface area contributed by atoms with E-state index in [-0.39, 0.29) is 0 Å². The number of aromatic nitrogens is 2. The summed E-state index contributed by atoms with van der Waals surface area (Å²) in [5.41, 5.74) is 2.14. The largest absolute Gasteiger partial charge is 0.377 e. The highest BCUT2D eigenvalue weighted by molar-refractivity contribution is 6.35. The van der Waals surface area contributed by atoms with Crippen LogP contribution in [-0.4, -0.2) is 66.0 Å². The molecule has 1 aliphatic heterocycles. The molecule has 5 nitrogen and oxygen atoms in total. The van der Waals surface area contributed by atoms with Crippen LogP contribution in [0.3, 0.4) is 0 Å². The molecule has 1 aromatic heterocycles. The fraction of sp³-hybridized carbons (Fsp3) is 0.611. The number of nitrogens with zero attached hydrogens (tertiary/aromatic N) is 4. The molecule has 0 radical (unpaired) electrons. The summed E-state index contributed by atoms with van der Waals surface area (Å²) in [7, 11) is 6.20. The molecule has 2 aromatic rings. The van der Waals surface area contributed by atoms with E-state index >= 15 is 0 Å². The molecule has 0 unspecified atom stereocenters. The molecular weight excluding hydrogens is 324 g/mol. The van der Waals surface area contributed by atoms with Gasteiger partial charge in [-0.25, -0.2) is 0 Å². The lowest BCUT2D eigenvalue weighted by Crippen LogP contribution is -2.36. The van der Waals surface area contributed by atoms with E-state index in [1.54, 1.807) is 0 Å². The van der Waals surface area contributed by atoms with Gasteiger partial charge in [-0.15, -0.1) is 0 Å². The summed E-state index contributed by atoms with van der Waals surface area (Å²) in [6.07, 6.45) is 2.67. The van der Waals surface area contributed by atoms with Gasteiger partial charge >= 0.3 is 0 Å². The van der Waals surface area contributed by atoms with Crippen molar-refractivity contribution in [2.45, 2.75) is 25.5 Å². The zero-order chi connectivity index (χ0) is 17.1. The third-order valence-corrected chi connectivity index (χ3v) is 4.94. The van der Waals surface area contributed by atoms with Crippen molar-refractivity contribution >= 4 is 22.5 Å². The van der Waals surface area contributed by atoms with Crippen molar-refractivity contribution in [1.82, 2.24) is 19.6 Å². The summed E-state index contributed by atoms with van der Waals surface area (Å²) >= 11 is 6.45. The molecule has 0 amide bonds. The van der Waals surface area contributed by atoms with Gasteiger partial charge in [0.25, 0.3) is 0 Å². The van der Waals surface area contributed by atoms with E-state index in [9.17, 15) is 0 Å². The summed E-state index contributed by atoms with van der Waals surface area (Å²) in [5.74, 6) is 0. The third-order valence-electron chi connectivity index (χ3n) is 4.62. The molecule has 2 heterocycles. The average Bonchev–Trinajstić information content (AvgIpc) is 3.14. The van der Waals surface area contributed by atoms with Crippen LogP contribution in [0.15, 0.2) is 18.2 Å². The number of halogens is 1. The molecular formula is C18H27ClN4O. The molecule has 0 saturated carbocycles. The number of likely N-dealkylation sites (N-methyl/N-ethyl adjacent to an activating group) is 1. The van der Waals surface area contributed by atoms with Crippen molar-refractivity contribution in [3.05, 3.63) is 28.9 Å². The molecule has 0 aliphatic carbocycles. The Balaban J connectivity index is 1.80. The minimum Gasteiger partial charge on any atom is -0.377 e. The van der Waals surface area contributed by atoms with Gasteiger partial charge in [0.05, 0.1) is 22.3 Å². The van der Waals surface area contributed by atoms with Crippen molar-refractivity contribution in [1.29, 1.82) is 0 Å². The Kier molecular flexibility index (Phi) is 5.76. The van der Waals surface area contributed by atoms with Crippen molar-refractivity contribution in [3.63, 3.8) is 0 Å². The molecule has 132 valence electrons. The first kappa shape index (κ1) is 17.7. The van der Waals surface area contributed by atoms with Crippen LogP contribution in [0.1, 0.15) is 18.5 Å². The highest BCUT2D eigenvalue weighted by Gasteiger charge is 2.21. The van der Waals surface area contributed by atoms with Crippen molar-refractivity contribution in [2.75, 3.05) is 40.3 Å². The standard InChI is InChI=1S/C18H27ClN4O/c1-21(2)9-10-23(12-14-6-5-11-24-14)13-16-18-15(19)7-4-8-17(18)22(3)20-16/h4,7-8,14H,5-6,9-13H2,1-3H3/t14-/m1/s1. The second-order valence-electron chi connectivity index (χ2n) is 6.88. The highest BCUT2D eigenvalue weighted by Crippen LogP contribution is 2.27. The molecule has 1 aliphatic rings. The van der Waals surface area contributed by atoms with Gasteiger partial charge in [0.2, 0.25) is 0 Å². The van der Waals surface area contributed by atoms with Crippen LogP contribution in [0.4, 0.5) is 0 Å². The minimum absolute atomic E-state index is 0.345. The lowest BCUT2D eigenvalue weighted by atomic mass is 10.2. The van der Waals surface area contributed by atoms with E-state index in [4.69, 9.17) is 21.4 Å². The van der Waals surface area contributed by atoms with Crippen LogP contribution in [0, 0.1) is 0 Å². The summed E-state index contributed by atoms with van der Waals surface area (Å²) in [5, 5.41) is 6.58. The lowest BCUT2D eigenvalue weighted by molar-refractivity contribution is 0.0679. The number of aryl methyl sites for hydroxylation is 1. The Morgan fingerprint density at radius 1 is 1.33 bits per heavy atom. The molecule has 0 spiro atoms. The summed E-state index contributed by atoms with van der Waals surface area (Å²) in [4.78, 5) is 4.66. The number of ether oxygens (including phenoxy) is 1. The molecule has 3 rings (SSSR count). The Morgan fingerprint density at radius 2 is 2.17 bits per heavy atom. The van der Waals surface area contributed by atoms with E-state index in [1.807, 2.05) is 23.9 Å². The number of rotatable bonds is 7. The quantitative estimate of drug-likeness (QED) is 0.769. The monoisotopic (exact) mass is 350 g/mol. The fourth-order valence-electron chi connectivity index (χ4n) is 3.33. The minimum atomic E-state index is 0.345. The first-order chi connectivity index (χ1) is 11.5. The van der Waals surface area contributed by atoms with E-state index in [1.165, 1.54) is 6.42 Å². The highest BCUT2D eigenvalue weighted by atomic mass is 35.5. The summed E-state index contributed by atoms with van der Waals surface area (Å²) < 4.78 is 7.76. The van der Waals surface area contributed by atoms with Crippen molar-refractivity contribution in [2.24, 2.45) is 7.05 Å². The van der Waals surface area contributed by atoms with Crippen LogP contribution in [0.5, 0.6) is 0 Å². The normalized spacial score (nSPS) is 18.3. The maximum Gasteiger partial charge on any atom is 0.0858 e. The molecule has 1 saturated heterocycles. The Morgan fingerprint density at radius 3 is 2.88 bits per heavy atom. The Bertz CT molecular complexity index is 679. The van der Waals surface area contributed by atoms with Gasteiger partial charge in [0.1, 0.15) is 0 Å². The molecule has 6 heteroatoms. The summed E-state index contributed by atoms with van der Waals surface area (Å²) in [6, 6.07) is 5.99. The molecule has 0 N–H and O–H groups in total.